The van der Waals surface area contributed by atoms with Crippen molar-refractivity contribution >= 4 is 23.0 Å². The number of phenols is 2. The number of carbonyl (C=O) groups excluding carboxylic acids is 1. The molecule has 2 fully saturated rings. The number of phenolic OH excluding ortho intramolecular Hbond substituents is 2. The molecule has 2 saturated heterocycles. The summed E-state index contributed by atoms with van der Waals surface area (Å²) in [5.74, 6) is -2.66. The lowest BCUT2D eigenvalue weighted by molar-refractivity contribution is -0.277. The van der Waals surface area contributed by atoms with Crippen molar-refractivity contribution < 1.29 is 84.0 Å². The fourth-order valence-electron chi connectivity index (χ4n) is 5.78. The van der Waals surface area contributed by atoms with Crippen LogP contribution in [0.15, 0.2) is 76.0 Å². The van der Waals surface area contributed by atoms with E-state index < -0.39 is 103 Å². The second kappa shape index (κ2) is 16.1. The molecule has 2 aliphatic rings. The molecule has 3 heterocycles. The standard InChI is InChI=1S/C36H36O18/c37-13-22-26(42)29(45)31(47)35(52-22)50-18-8-1-15(2-9-18)3-10-24(41)49-19-11-20(40)25-21(12-19)51-33(16-4-6-17(39)7-5-16)34(28(25)44)54-36-32(48)30(46)27(43)23(14-38)53-36/h1-12,22-23,26-27,29-32,35-40,42-43,45-48H,13-14H2. The van der Waals surface area contributed by atoms with E-state index >= 15 is 0 Å². The predicted molar refractivity (Wildman–Crippen MR) is 181 cm³/mol. The zero-order valence-corrected chi connectivity index (χ0v) is 27.9. The first-order valence-corrected chi connectivity index (χ1v) is 16.4. The maximum Gasteiger partial charge on any atom is 0.336 e. The summed E-state index contributed by atoms with van der Waals surface area (Å²) in [6.07, 6.45) is -13.5. The number of carbonyl (C=O) groups is 1. The van der Waals surface area contributed by atoms with Crippen molar-refractivity contribution in [1.29, 1.82) is 0 Å². The predicted octanol–water partition coefficient (Wildman–Crippen LogP) is -1.15. The van der Waals surface area contributed by atoms with E-state index in [4.69, 9.17) is 28.1 Å². The Labute approximate surface area is 304 Å². The molecule has 0 aliphatic carbocycles. The first kappa shape index (κ1) is 38.6. The summed E-state index contributed by atoms with van der Waals surface area (Å²) in [5, 5.41) is 100. The molecule has 2 aliphatic heterocycles. The third-order valence-electron chi connectivity index (χ3n) is 8.73. The molecule has 0 spiro atoms. The van der Waals surface area contributed by atoms with Crippen molar-refractivity contribution in [3.05, 3.63) is 82.5 Å². The van der Waals surface area contributed by atoms with E-state index in [2.05, 4.69) is 0 Å². The lowest BCUT2D eigenvalue weighted by Crippen LogP contribution is -2.60. The van der Waals surface area contributed by atoms with Gasteiger partial charge in [0.25, 0.3) is 0 Å². The highest BCUT2D eigenvalue weighted by Gasteiger charge is 2.46. The van der Waals surface area contributed by atoms with Gasteiger partial charge >= 0.3 is 5.97 Å². The molecule has 10 N–H and O–H groups in total. The molecule has 4 aromatic rings. The van der Waals surface area contributed by atoms with E-state index in [0.29, 0.717) is 5.56 Å². The van der Waals surface area contributed by atoms with Crippen LogP contribution in [0.25, 0.3) is 28.4 Å². The molecule has 54 heavy (non-hydrogen) atoms. The Morgan fingerprint density at radius 1 is 0.704 bits per heavy atom. The molecule has 18 heteroatoms. The van der Waals surface area contributed by atoms with E-state index in [1.54, 1.807) is 0 Å². The van der Waals surface area contributed by atoms with E-state index in [-0.39, 0.29) is 34.2 Å². The van der Waals surface area contributed by atoms with Gasteiger partial charge < -0.3 is 79.2 Å². The first-order valence-electron chi connectivity index (χ1n) is 16.4. The average molecular weight is 757 g/mol. The van der Waals surface area contributed by atoms with Gasteiger partial charge in [-0.2, -0.15) is 0 Å². The number of hydrogen-bond donors (Lipinski definition) is 10. The number of fused-ring (bicyclic) bond motifs is 1. The molecule has 10 unspecified atom stereocenters. The smallest absolute Gasteiger partial charge is 0.336 e. The van der Waals surface area contributed by atoms with Crippen LogP contribution in [0, 0.1) is 0 Å². The van der Waals surface area contributed by atoms with Crippen molar-refractivity contribution in [2.45, 2.75) is 61.4 Å². The second-order valence-corrected chi connectivity index (χ2v) is 12.4. The zero-order valence-electron chi connectivity index (χ0n) is 27.9. The van der Waals surface area contributed by atoms with Crippen molar-refractivity contribution in [2.24, 2.45) is 0 Å². The Bertz CT molecular complexity index is 2020. The van der Waals surface area contributed by atoms with Crippen molar-refractivity contribution in [1.82, 2.24) is 0 Å². The van der Waals surface area contributed by atoms with E-state index in [9.17, 15) is 60.7 Å². The minimum Gasteiger partial charge on any atom is -0.508 e. The molecule has 0 amide bonds. The van der Waals surface area contributed by atoms with Gasteiger partial charge in [-0.3, -0.25) is 4.79 Å². The normalized spacial score (nSPS) is 28.6. The summed E-state index contributed by atoms with van der Waals surface area (Å²) in [4.78, 5) is 26.6. The lowest BCUT2D eigenvalue weighted by Gasteiger charge is -2.39. The maximum absolute atomic E-state index is 13.8. The van der Waals surface area contributed by atoms with Crippen LogP contribution in [0.2, 0.25) is 0 Å². The zero-order chi connectivity index (χ0) is 38.8. The molecule has 0 radical (unpaired) electrons. The molecule has 1 aromatic heterocycles. The number of rotatable bonds is 10. The summed E-state index contributed by atoms with van der Waals surface area (Å²) in [6, 6.07) is 13.4. The number of benzene rings is 3. The Morgan fingerprint density at radius 2 is 1.28 bits per heavy atom. The van der Waals surface area contributed by atoms with Crippen LogP contribution in [0.5, 0.6) is 28.7 Å². The van der Waals surface area contributed by atoms with Gasteiger partial charge in [-0.25, -0.2) is 4.79 Å². The van der Waals surface area contributed by atoms with Crippen LogP contribution >= 0.6 is 0 Å². The highest BCUT2D eigenvalue weighted by Crippen LogP contribution is 2.38. The Balaban J connectivity index is 1.21. The van der Waals surface area contributed by atoms with Gasteiger partial charge in [0.1, 0.15) is 82.8 Å². The monoisotopic (exact) mass is 756 g/mol. The molecule has 288 valence electrons. The van der Waals surface area contributed by atoms with Gasteiger partial charge in [-0.15, -0.1) is 0 Å². The minimum atomic E-state index is -1.89. The van der Waals surface area contributed by atoms with Gasteiger partial charge in [0.05, 0.1) is 13.2 Å². The van der Waals surface area contributed by atoms with Crippen LogP contribution < -0.4 is 19.6 Å². The lowest BCUT2D eigenvalue weighted by atomic mass is 9.99. The van der Waals surface area contributed by atoms with Gasteiger partial charge in [0, 0.05) is 23.8 Å². The quantitative estimate of drug-likeness (QED) is 0.0519. The highest BCUT2D eigenvalue weighted by molar-refractivity contribution is 5.91. The van der Waals surface area contributed by atoms with Crippen LogP contribution in [0.1, 0.15) is 5.56 Å². The molecule has 0 saturated carbocycles. The summed E-state index contributed by atoms with van der Waals surface area (Å²) < 4.78 is 33.2. The molecule has 18 nitrogen and oxygen atoms in total. The van der Waals surface area contributed by atoms with Crippen LogP contribution in [0.4, 0.5) is 0 Å². The number of aliphatic hydroxyl groups excluding tert-OH is 8. The fourth-order valence-corrected chi connectivity index (χ4v) is 5.78. The number of hydrogen-bond acceptors (Lipinski definition) is 18. The molecule has 3 aromatic carbocycles. The highest BCUT2D eigenvalue weighted by atomic mass is 16.7. The molecular weight excluding hydrogens is 720 g/mol. The Morgan fingerprint density at radius 3 is 1.85 bits per heavy atom. The molecule has 10 atom stereocenters. The van der Waals surface area contributed by atoms with Gasteiger partial charge in [-0.1, -0.05) is 12.1 Å². The van der Waals surface area contributed by atoms with Crippen molar-refractivity contribution in [3.8, 4) is 40.1 Å². The van der Waals surface area contributed by atoms with Crippen molar-refractivity contribution in [3.63, 3.8) is 0 Å². The Hall–Kier alpha value is -5.12. The maximum atomic E-state index is 13.8. The van der Waals surface area contributed by atoms with Crippen LogP contribution in [0.3, 0.4) is 0 Å². The number of esters is 1. The van der Waals surface area contributed by atoms with Gasteiger partial charge in [0.2, 0.25) is 23.8 Å². The van der Waals surface area contributed by atoms with Gasteiger partial charge in [-0.05, 0) is 48.0 Å². The number of aliphatic hydroxyl groups is 8. The third-order valence-corrected chi connectivity index (χ3v) is 8.73. The number of ether oxygens (including phenoxy) is 5. The first-order chi connectivity index (χ1) is 25.8. The summed E-state index contributed by atoms with van der Waals surface area (Å²) >= 11 is 0. The topological polar surface area (TPSA) is 296 Å². The van der Waals surface area contributed by atoms with E-state index in [0.717, 1.165) is 18.2 Å². The third kappa shape index (κ3) is 7.88. The summed E-state index contributed by atoms with van der Waals surface area (Å²) in [6.45, 7) is -1.39. The molecule has 0 bridgehead atoms. The largest absolute Gasteiger partial charge is 0.508 e. The Kier molecular flexibility index (Phi) is 11.5. The van der Waals surface area contributed by atoms with Gasteiger partial charge in [0.15, 0.2) is 5.76 Å². The fraction of sp³-hybridized carbons (Fsp3) is 0.333. The minimum absolute atomic E-state index is 0.129. The second-order valence-electron chi connectivity index (χ2n) is 12.4. The van der Waals surface area contributed by atoms with Crippen LogP contribution in [-0.4, -0.2) is 132 Å². The summed E-state index contributed by atoms with van der Waals surface area (Å²) in [7, 11) is 0. The molecule has 6 rings (SSSR count). The van der Waals surface area contributed by atoms with E-state index in [1.165, 1.54) is 54.6 Å². The van der Waals surface area contributed by atoms with E-state index in [1.807, 2.05) is 0 Å². The number of aromatic hydroxyl groups is 2. The van der Waals surface area contributed by atoms with Crippen LogP contribution in [-0.2, 0) is 14.3 Å². The van der Waals surface area contributed by atoms with Crippen molar-refractivity contribution in [2.75, 3.05) is 13.2 Å². The average Bonchev–Trinajstić information content (AvgIpc) is 3.15. The molecular formula is C36H36O18. The summed E-state index contributed by atoms with van der Waals surface area (Å²) in [5.41, 5.74) is -0.594. The SMILES string of the molecule is O=C(C=Cc1ccc(OC2OC(CO)C(O)C(O)C2O)cc1)Oc1cc(O)c2c(=O)c(OC3OC(CO)C(O)C(O)C3O)c(-c3ccc(O)cc3)oc2c1.